The summed E-state index contributed by atoms with van der Waals surface area (Å²) in [4.78, 5) is 15.6. The molecule has 0 radical (unpaired) electrons. The highest BCUT2D eigenvalue weighted by atomic mass is 16.5. The maximum atomic E-state index is 11.3. The lowest BCUT2D eigenvalue weighted by atomic mass is 10.2. The van der Waals surface area contributed by atoms with Crippen LogP contribution < -0.4 is 10.1 Å². The summed E-state index contributed by atoms with van der Waals surface area (Å²) in [6, 6.07) is 3.58. The normalized spacial score (nSPS) is 18.9. The molecule has 6 nitrogen and oxygen atoms in total. The third kappa shape index (κ3) is 1.94. The van der Waals surface area contributed by atoms with Gasteiger partial charge in [0.2, 0.25) is 0 Å². The van der Waals surface area contributed by atoms with Crippen molar-refractivity contribution in [2.75, 3.05) is 13.7 Å². The van der Waals surface area contributed by atoms with Gasteiger partial charge in [0.25, 0.3) is 0 Å². The number of nitrogens with one attached hydrogen (secondary N) is 1. The van der Waals surface area contributed by atoms with Crippen LogP contribution in [0.1, 0.15) is 35.2 Å². The first-order valence-electron chi connectivity index (χ1n) is 6.23. The highest BCUT2D eigenvalue weighted by Gasteiger charge is 2.25. The first kappa shape index (κ1) is 12.0. The van der Waals surface area contributed by atoms with Crippen LogP contribution in [0.15, 0.2) is 18.3 Å². The average molecular weight is 261 g/mol. The molecule has 3 heterocycles. The second-order valence-electron chi connectivity index (χ2n) is 4.60. The zero-order chi connectivity index (χ0) is 13.4. The number of aromatic nitrogens is 2. The van der Waals surface area contributed by atoms with Crippen molar-refractivity contribution in [2.24, 2.45) is 0 Å². The molecule has 2 N–H and O–H groups in total. The summed E-state index contributed by atoms with van der Waals surface area (Å²) in [6.45, 7) is 0.936. The van der Waals surface area contributed by atoms with Crippen molar-refractivity contribution in [3.8, 4) is 5.75 Å². The van der Waals surface area contributed by atoms with Gasteiger partial charge in [-0.1, -0.05) is 0 Å². The van der Waals surface area contributed by atoms with Crippen molar-refractivity contribution in [3.05, 3.63) is 29.8 Å². The Bertz CT molecular complexity index is 629. The van der Waals surface area contributed by atoms with Gasteiger partial charge in [-0.15, -0.1) is 0 Å². The van der Waals surface area contributed by atoms with E-state index in [9.17, 15) is 9.90 Å². The summed E-state index contributed by atoms with van der Waals surface area (Å²) < 4.78 is 7.00. The molecule has 19 heavy (non-hydrogen) atoms. The first-order chi connectivity index (χ1) is 9.20. The van der Waals surface area contributed by atoms with Crippen LogP contribution in [0.3, 0.4) is 0 Å². The van der Waals surface area contributed by atoms with Gasteiger partial charge in [-0.2, -0.15) is 0 Å². The van der Waals surface area contributed by atoms with E-state index in [2.05, 4.69) is 10.3 Å². The molecule has 0 aliphatic carbocycles. The Morgan fingerprint density at radius 2 is 2.42 bits per heavy atom. The summed E-state index contributed by atoms with van der Waals surface area (Å²) in [7, 11) is 1.59. The number of imidazole rings is 1. The van der Waals surface area contributed by atoms with Crippen molar-refractivity contribution in [2.45, 2.75) is 18.9 Å². The van der Waals surface area contributed by atoms with Crippen molar-refractivity contribution in [1.29, 1.82) is 0 Å². The van der Waals surface area contributed by atoms with Crippen LogP contribution in [-0.4, -0.2) is 34.1 Å². The first-order valence-corrected chi connectivity index (χ1v) is 6.23. The van der Waals surface area contributed by atoms with Crippen LogP contribution in [0.2, 0.25) is 0 Å². The van der Waals surface area contributed by atoms with Gasteiger partial charge in [0.15, 0.2) is 5.69 Å². The number of hydrogen-bond acceptors (Lipinski definition) is 4. The van der Waals surface area contributed by atoms with Crippen molar-refractivity contribution >= 4 is 11.5 Å². The number of carboxylic acids is 1. The fourth-order valence-corrected chi connectivity index (χ4v) is 2.52. The number of ether oxygens (including phenoxy) is 1. The topological polar surface area (TPSA) is 75.9 Å². The van der Waals surface area contributed by atoms with E-state index in [-0.39, 0.29) is 11.7 Å². The fourth-order valence-electron chi connectivity index (χ4n) is 2.52. The summed E-state index contributed by atoms with van der Waals surface area (Å²) in [5.41, 5.74) is 0.684. The molecule has 1 saturated heterocycles. The molecule has 0 aromatic carbocycles. The number of carboxylic acid groups (broad SMARTS) is 1. The molecule has 2 aromatic rings. The van der Waals surface area contributed by atoms with E-state index in [0.717, 1.165) is 25.2 Å². The molecule has 0 amide bonds. The average Bonchev–Trinajstić information content (AvgIpc) is 3.04. The smallest absolute Gasteiger partial charge is 0.356 e. The molecule has 1 fully saturated rings. The molecule has 1 aliphatic rings. The molecular formula is C13H15N3O3. The van der Waals surface area contributed by atoms with Crippen molar-refractivity contribution < 1.29 is 14.6 Å². The lowest BCUT2D eigenvalue weighted by Crippen LogP contribution is -2.16. The largest absolute Gasteiger partial charge is 0.495 e. The Labute approximate surface area is 110 Å². The Hall–Kier alpha value is -2.08. The molecule has 3 rings (SSSR count). The third-order valence-corrected chi connectivity index (χ3v) is 3.45. The second kappa shape index (κ2) is 4.55. The summed E-state index contributed by atoms with van der Waals surface area (Å²) in [5.74, 6) is 0.414. The van der Waals surface area contributed by atoms with Gasteiger partial charge in [-0.3, -0.25) is 4.40 Å². The molecule has 1 atom stereocenters. The summed E-state index contributed by atoms with van der Waals surface area (Å²) in [5, 5.41) is 12.6. The fraction of sp³-hybridized carbons (Fsp3) is 0.385. The molecule has 6 heteroatoms. The van der Waals surface area contributed by atoms with Gasteiger partial charge in [0.05, 0.1) is 24.9 Å². The van der Waals surface area contributed by atoms with Gasteiger partial charge >= 0.3 is 5.97 Å². The van der Waals surface area contributed by atoms with E-state index >= 15 is 0 Å². The molecule has 2 aromatic heterocycles. The zero-order valence-electron chi connectivity index (χ0n) is 10.6. The van der Waals surface area contributed by atoms with E-state index in [1.807, 2.05) is 4.40 Å². The minimum absolute atomic E-state index is 0.0892. The van der Waals surface area contributed by atoms with Crippen molar-refractivity contribution in [3.63, 3.8) is 0 Å². The SMILES string of the molecule is COc1ccc2c(C(=O)O)nc(C3CCCN3)n2c1. The number of nitrogens with zero attached hydrogens (tertiary/aromatic N) is 2. The molecule has 1 aliphatic heterocycles. The lowest BCUT2D eigenvalue weighted by molar-refractivity contribution is 0.0693. The Morgan fingerprint density at radius 1 is 1.58 bits per heavy atom. The van der Waals surface area contributed by atoms with E-state index in [1.165, 1.54) is 0 Å². The molecular weight excluding hydrogens is 246 g/mol. The van der Waals surface area contributed by atoms with Crippen LogP contribution in [0.25, 0.3) is 5.52 Å². The second-order valence-corrected chi connectivity index (χ2v) is 4.60. The number of methoxy groups -OCH3 is 1. The Balaban J connectivity index is 2.21. The van der Waals surface area contributed by atoms with Crippen LogP contribution in [0, 0.1) is 0 Å². The standard InChI is InChI=1S/C13H15N3O3/c1-19-8-4-5-10-11(13(17)18)15-12(16(10)7-8)9-3-2-6-14-9/h4-5,7,9,14H,2-3,6H2,1H3,(H,17,18). The number of pyridine rings is 1. The van der Waals surface area contributed by atoms with Gasteiger partial charge in [-0.05, 0) is 31.5 Å². The molecule has 0 spiro atoms. The zero-order valence-corrected chi connectivity index (χ0v) is 10.6. The van der Waals surface area contributed by atoms with Gasteiger partial charge in [0, 0.05) is 0 Å². The number of carbonyl (C=O) groups is 1. The van der Waals surface area contributed by atoms with E-state index in [0.29, 0.717) is 11.3 Å². The van der Waals surface area contributed by atoms with Crippen LogP contribution in [0.5, 0.6) is 5.75 Å². The van der Waals surface area contributed by atoms with E-state index < -0.39 is 5.97 Å². The third-order valence-electron chi connectivity index (χ3n) is 3.45. The van der Waals surface area contributed by atoms with Gasteiger partial charge in [-0.25, -0.2) is 9.78 Å². The Morgan fingerprint density at radius 3 is 3.05 bits per heavy atom. The monoisotopic (exact) mass is 261 g/mol. The lowest BCUT2D eigenvalue weighted by Gasteiger charge is -2.09. The molecule has 0 bridgehead atoms. The molecule has 0 saturated carbocycles. The predicted molar refractivity (Wildman–Crippen MR) is 68.7 cm³/mol. The number of rotatable bonds is 3. The molecule has 100 valence electrons. The minimum Gasteiger partial charge on any atom is -0.495 e. The van der Waals surface area contributed by atoms with Crippen LogP contribution in [-0.2, 0) is 0 Å². The van der Waals surface area contributed by atoms with Gasteiger partial charge in [0.1, 0.15) is 11.6 Å². The van der Waals surface area contributed by atoms with Gasteiger partial charge < -0.3 is 15.2 Å². The van der Waals surface area contributed by atoms with E-state index in [4.69, 9.17) is 4.74 Å². The number of aromatic carboxylic acids is 1. The Kier molecular flexibility index (Phi) is 2.87. The number of hydrogen-bond donors (Lipinski definition) is 2. The minimum atomic E-state index is -1.01. The highest BCUT2D eigenvalue weighted by molar-refractivity contribution is 5.93. The summed E-state index contributed by atoms with van der Waals surface area (Å²) >= 11 is 0. The molecule has 1 unspecified atom stereocenters. The summed E-state index contributed by atoms with van der Waals surface area (Å²) in [6.07, 6.45) is 3.82. The maximum absolute atomic E-state index is 11.3. The maximum Gasteiger partial charge on any atom is 0.356 e. The quantitative estimate of drug-likeness (QED) is 0.875. The van der Waals surface area contributed by atoms with Crippen LogP contribution in [0.4, 0.5) is 0 Å². The number of fused-ring (bicyclic) bond motifs is 1. The van der Waals surface area contributed by atoms with E-state index in [1.54, 1.807) is 25.4 Å². The predicted octanol–water partition coefficient (Wildman–Crippen LogP) is 1.47. The van der Waals surface area contributed by atoms with Crippen molar-refractivity contribution in [1.82, 2.24) is 14.7 Å². The van der Waals surface area contributed by atoms with Crippen LogP contribution >= 0.6 is 0 Å². The highest BCUT2D eigenvalue weighted by Crippen LogP contribution is 2.26.